The number of fused-ring (bicyclic) bond motifs is 43. The molecular formula is C129H85N5O3. The molecule has 2 atom stereocenters. The topological polar surface area (TPSA) is 80.0 Å². The van der Waals surface area contributed by atoms with Crippen LogP contribution in [-0.2, 0) is 16.2 Å². The fourth-order valence-electron chi connectivity index (χ4n) is 26.1. The van der Waals surface area contributed by atoms with E-state index in [1.54, 1.807) is 0 Å². The number of benzene rings is 19. The predicted octanol–water partition coefficient (Wildman–Crippen LogP) is 34.2. The summed E-state index contributed by atoms with van der Waals surface area (Å²) in [6.45, 7) is 14.2. The van der Waals surface area contributed by atoms with E-state index in [-0.39, 0.29) is 22.2 Å². The summed E-state index contributed by atoms with van der Waals surface area (Å²) >= 11 is 0. The van der Waals surface area contributed by atoms with E-state index in [0.717, 1.165) is 77.5 Å². The van der Waals surface area contributed by atoms with E-state index < -0.39 is 0 Å². The van der Waals surface area contributed by atoms with Crippen LogP contribution < -0.4 is 0 Å². The molecule has 7 aromatic heterocycles. The lowest BCUT2D eigenvalue weighted by Crippen LogP contribution is -2.21. The third-order valence-electron chi connectivity index (χ3n) is 31.9. The van der Waals surface area contributed by atoms with Crippen molar-refractivity contribution in [2.24, 2.45) is 11.8 Å². The maximum atomic E-state index is 6.62. The van der Waals surface area contributed by atoms with Crippen molar-refractivity contribution >= 4 is 191 Å². The Bertz CT molecular complexity index is 10100. The largest absolute Gasteiger partial charge is 0.455 e. The zero-order valence-corrected chi connectivity index (χ0v) is 76.1. The van der Waals surface area contributed by atoms with Crippen LogP contribution in [0.1, 0.15) is 86.1 Å². The molecular weight excluding hydrogens is 1670 g/mol. The number of para-hydroxylation sites is 7. The third kappa shape index (κ3) is 10.2. The van der Waals surface area contributed by atoms with Crippen LogP contribution in [0.5, 0.6) is 0 Å². The summed E-state index contributed by atoms with van der Waals surface area (Å²) in [6.07, 6.45) is 11.8. The maximum Gasteiger partial charge on any atom is 0.235 e. The van der Waals surface area contributed by atoms with Gasteiger partial charge in [0, 0.05) is 132 Å². The maximum absolute atomic E-state index is 6.62. The SMILES string of the molecule is CC1(C)c2ccc3c(oc4ccccc43)c2-c2ccc3c(c21)c1ccccc1n3-c1ccc2c3ccccc3c3ccccc3c2c1.CC1(C)c2ccc3c(oc4ccccc43)c2-c2ccc3c(c21)c1ccccc1n3-c1nc(-c2ccccc2)c2ccccc2n1.CC1(C)c2ccc3c(oc4ccccc43)c2-c2ccc3c(c21)c1ccccc1n3C1=CC=C2c3ccccc3C3=CC=CC1C32. The van der Waals surface area contributed by atoms with Gasteiger partial charge >= 0.3 is 0 Å². The number of allylic oxidation sites excluding steroid dienone is 8. The van der Waals surface area contributed by atoms with Gasteiger partial charge in [0.2, 0.25) is 5.95 Å². The average molecular weight is 1750 g/mol. The first-order valence-electron chi connectivity index (χ1n) is 47.9. The minimum absolute atomic E-state index is 0.186. The molecule has 0 saturated heterocycles. The van der Waals surface area contributed by atoms with Gasteiger partial charge in [-0.2, -0.15) is 0 Å². The van der Waals surface area contributed by atoms with Gasteiger partial charge in [0.15, 0.2) is 0 Å². The number of furan rings is 3. The summed E-state index contributed by atoms with van der Waals surface area (Å²) in [5, 5.41) is 23.5. The van der Waals surface area contributed by atoms with E-state index in [2.05, 4.69) is 431 Å². The van der Waals surface area contributed by atoms with Gasteiger partial charge in [0.05, 0.1) is 44.3 Å². The molecule has 8 nitrogen and oxygen atoms in total. The van der Waals surface area contributed by atoms with Crippen LogP contribution in [0.4, 0.5) is 0 Å². The standard InChI is InChI=1S/C45H29NO.C43H29NO.C41H27N3O/c1-45(2)37-23-21-33-32-15-8-10-18-40(32)47-44(33)41(37)35-22-24-39-42(43(35)45)34-16-7-9-17-38(34)46(39)26-19-20-31-29-13-4-3-11-27(29)28-12-5-6-14-30(28)36(31)25-26;1-43(2)33-21-18-29-26-12-6-8-17-37(26)45-42(29)39(33)32-20-23-36-40(41(32)43)31-13-5-7-16-34(31)44(36)35-22-19-28-25-11-4-3-10-24(25)27-14-9-15-30(35)38(27)28;1-41(2)30-22-20-26-25-14-8-11-19-34(25)45-39(26)35(30)29-21-23-33-36(37(29)41)28-16-7-10-18-32(28)44(33)40-42-31-17-9-6-15-27(31)38(43-40)24-12-4-3-5-13-24/h3-25H,1-2H3;3-23,30,38H,1-2H3;3-23H,1-2H3. The van der Waals surface area contributed by atoms with Gasteiger partial charge in [-0.15, -0.1) is 0 Å². The van der Waals surface area contributed by atoms with Crippen LogP contribution in [0.15, 0.2) is 408 Å². The molecule has 644 valence electrons. The van der Waals surface area contributed by atoms with E-state index in [9.17, 15) is 0 Å². The number of nitrogens with zero attached hydrogens (tertiary/aromatic N) is 5. The smallest absolute Gasteiger partial charge is 0.235 e. The highest BCUT2D eigenvalue weighted by atomic mass is 16.3. The molecule has 0 bridgehead atoms. The Morgan fingerprint density at radius 2 is 0.642 bits per heavy atom. The highest BCUT2D eigenvalue weighted by Crippen LogP contribution is 2.63. The molecule has 0 fully saturated rings. The number of aromatic nitrogens is 5. The first kappa shape index (κ1) is 76.6. The van der Waals surface area contributed by atoms with E-state index >= 15 is 0 Å². The lowest BCUT2D eigenvalue weighted by Gasteiger charge is -2.32. The average Bonchev–Trinajstić information content (AvgIpc) is 1.53. The van der Waals surface area contributed by atoms with Crippen molar-refractivity contribution in [1.29, 1.82) is 0 Å². The quantitative estimate of drug-likeness (QED) is 0.164. The van der Waals surface area contributed by atoms with Gasteiger partial charge < -0.3 is 22.4 Å². The first-order chi connectivity index (χ1) is 67.3. The van der Waals surface area contributed by atoms with Crippen LogP contribution >= 0.6 is 0 Å². The molecule has 6 aliphatic rings. The number of hydrogen-bond acceptors (Lipinski definition) is 5. The van der Waals surface area contributed by atoms with Crippen LogP contribution in [0.2, 0.25) is 0 Å². The van der Waals surface area contributed by atoms with Crippen molar-refractivity contribution in [2.45, 2.75) is 57.8 Å². The van der Waals surface area contributed by atoms with Crippen LogP contribution in [0, 0.1) is 11.8 Å². The molecule has 7 heterocycles. The summed E-state index contributed by atoms with van der Waals surface area (Å²) in [7, 11) is 0. The van der Waals surface area contributed by atoms with Crippen LogP contribution in [-0.4, -0.2) is 23.7 Å². The lowest BCUT2D eigenvalue weighted by atomic mass is 9.75. The molecule has 0 radical (unpaired) electrons. The molecule has 32 rings (SSSR count). The van der Waals surface area contributed by atoms with Crippen molar-refractivity contribution < 1.29 is 13.3 Å². The molecule has 2 unspecified atom stereocenters. The van der Waals surface area contributed by atoms with Crippen molar-refractivity contribution in [3.05, 3.63) is 439 Å². The van der Waals surface area contributed by atoms with E-state index in [4.69, 9.17) is 23.2 Å². The summed E-state index contributed by atoms with van der Waals surface area (Å²) in [5.74, 6) is 1.29. The second-order valence-electron chi connectivity index (χ2n) is 39.8. The molecule has 0 N–H and O–H groups in total. The minimum atomic E-state index is -0.244. The van der Waals surface area contributed by atoms with Crippen molar-refractivity contribution in [3.8, 4) is 56.3 Å². The van der Waals surface area contributed by atoms with Gasteiger partial charge in [0.25, 0.3) is 0 Å². The number of hydrogen-bond donors (Lipinski definition) is 0. The second kappa shape index (κ2) is 27.6. The van der Waals surface area contributed by atoms with Crippen molar-refractivity contribution in [3.63, 3.8) is 0 Å². The Hall–Kier alpha value is -16.9. The lowest BCUT2D eigenvalue weighted by molar-refractivity contribution is 0.657. The highest BCUT2D eigenvalue weighted by Gasteiger charge is 2.47. The Balaban J connectivity index is 0.0000000974. The summed E-state index contributed by atoms with van der Waals surface area (Å²) in [6, 6.07) is 132. The van der Waals surface area contributed by atoms with Crippen LogP contribution in [0.3, 0.4) is 0 Å². The second-order valence-corrected chi connectivity index (χ2v) is 39.8. The molecule has 8 heteroatoms. The molecule has 19 aromatic carbocycles. The van der Waals surface area contributed by atoms with Gasteiger partial charge in [0.1, 0.15) is 33.5 Å². The molecule has 26 aromatic rings. The van der Waals surface area contributed by atoms with Crippen molar-refractivity contribution in [2.75, 3.05) is 0 Å². The predicted molar refractivity (Wildman–Crippen MR) is 569 cm³/mol. The Labute approximate surface area is 787 Å². The molecule has 0 aliphatic heterocycles. The zero-order valence-electron chi connectivity index (χ0n) is 76.1. The van der Waals surface area contributed by atoms with Crippen molar-refractivity contribution in [1.82, 2.24) is 23.7 Å². The molecule has 137 heavy (non-hydrogen) atoms. The van der Waals surface area contributed by atoms with Crippen LogP contribution in [0.25, 0.3) is 248 Å². The Kier molecular flexibility index (Phi) is 15.4. The summed E-state index contributed by atoms with van der Waals surface area (Å²) in [4.78, 5) is 10.5. The summed E-state index contributed by atoms with van der Waals surface area (Å²) in [5.41, 5.74) is 39.0. The molecule has 0 saturated carbocycles. The molecule has 0 spiro atoms. The van der Waals surface area contributed by atoms with Gasteiger partial charge in [-0.1, -0.05) is 357 Å². The summed E-state index contributed by atoms with van der Waals surface area (Å²) < 4.78 is 27.1. The van der Waals surface area contributed by atoms with Gasteiger partial charge in [-0.3, -0.25) is 4.57 Å². The normalized spacial score (nSPS) is 15.9. The Morgan fingerprint density at radius 1 is 0.270 bits per heavy atom. The van der Waals surface area contributed by atoms with Gasteiger partial charge in [-0.05, 0) is 184 Å². The Morgan fingerprint density at radius 3 is 1.13 bits per heavy atom. The van der Waals surface area contributed by atoms with E-state index in [1.165, 1.54) is 209 Å². The van der Waals surface area contributed by atoms with E-state index in [0.29, 0.717) is 11.9 Å². The monoisotopic (exact) mass is 1750 g/mol. The van der Waals surface area contributed by atoms with Gasteiger partial charge in [-0.25, -0.2) is 9.97 Å². The molecule has 0 amide bonds. The highest BCUT2D eigenvalue weighted by molar-refractivity contribution is 6.27. The fourth-order valence-corrected chi connectivity index (χ4v) is 26.1. The fraction of sp³-hybridized carbons (Fsp3) is 0.0853. The van der Waals surface area contributed by atoms with E-state index in [1.807, 2.05) is 18.2 Å². The minimum Gasteiger partial charge on any atom is -0.455 e. The zero-order chi connectivity index (χ0) is 90.5. The third-order valence-corrected chi connectivity index (χ3v) is 31.9. The number of rotatable bonds is 4. The molecule has 6 aliphatic carbocycles. The first-order valence-corrected chi connectivity index (χ1v) is 47.9.